The summed E-state index contributed by atoms with van der Waals surface area (Å²) in [6.07, 6.45) is 3.34. The molecule has 1 aromatic heterocycles. The van der Waals surface area contributed by atoms with E-state index < -0.39 is 5.41 Å². The van der Waals surface area contributed by atoms with Crippen LogP contribution in [0, 0.1) is 0 Å². The van der Waals surface area contributed by atoms with Crippen LogP contribution in [0.4, 0.5) is 5.82 Å². The van der Waals surface area contributed by atoms with Gasteiger partial charge < -0.3 is 10.1 Å². The molecule has 4 heteroatoms. The van der Waals surface area contributed by atoms with E-state index >= 15 is 0 Å². The number of methoxy groups -OCH3 is 1. The number of aromatic nitrogens is 1. The van der Waals surface area contributed by atoms with E-state index in [1.807, 2.05) is 36.4 Å². The second-order valence-electron chi connectivity index (χ2n) is 4.95. The van der Waals surface area contributed by atoms with Gasteiger partial charge in [0, 0.05) is 11.8 Å². The molecule has 1 N–H and O–H groups in total. The van der Waals surface area contributed by atoms with Crippen LogP contribution < -0.4 is 10.1 Å². The molecule has 1 amide bonds. The largest absolute Gasteiger partial charge is 0.496 e. The summed E-state index contributed by atoms with van der Waals surface area (Å²) in [6, 6.07) is 13.2. The van der Waals surface area contributed by atoms with E-state index in [-0.39, 0.29) is 5.91 Å². The molecule has 0 bridgehead atoms. The highest BCUT2D eigenvalue weighted by molar-refractivity contribution is 6.01. The van der Waals surface area contributed by atoms with E-state index in [1.54, 1.807) is 19.4 Å². The number of pyridine rings is 1. The number of rotatable bonds is 4. The SMILES string of the molecule is COc1ccccc1C1(C(=O)Nc2ccccn2)CC1. The van der Waals surface area contributed by atoms with Gasteiger partial charge in [-0.3, -0.25) is 4.79 Å². The Labute approximate surface area is 117 Å². The van der Waals surface area contributed by atoms with Gasteiger partial charge >= 0.3 is 0 Å². The van der Waals surface area contributed by atoms with Crippen LogP contribution in [0.15, 0.2) is 48.7 Å². The highest BCUT2D eigenvalue weighted by atomic mass is 16.5. The van der Waals surface area contributed by atoms with Gasteiger partial charge in [0.25, 0.3) is 0 Å². The zero-order valence-electron chi connectivity index (χ0n) is 11.3. The molecule has 1 aliphatic carbocycles. The Hall–Kier alpha value is -2.36. The van der Waals surface area contributed by atoms with Gasteiger partial charge in [-0.2, -0.15) is 0 Å². The van der Waals surface area contributed by atoms with Crippen molar-refractivity contribution in [1.82, 2.24) is 4.98 Å². The molecule has 3 rings (SSSR count). The molecule has 1 saturated carbocycles. The van der Waals surface area contributed by atoms with Gasteiger partial charge in [0.1, 0.15) is 11.6 Å². The van der Waals surface area contributed by atoms with Crippen LogP contribution in [0.25, 0.3) is 0 Å². The lowest BCUT2D eigenvalue weighted by atomic mass is 9.94. The normalized spacial score (nSPS) is 15.4. The fourth-order valence-electron chi connectivity index (χ4n) is 2.46. The second kappa shape index (κ2) is 4.96. The van der Waals surface area contributed by atoms with Crippen LogP contribution in [0.2, 0.25) is 0 Å². The van der Waals surface area contributed by atoms with E-state index in [0.29, 0.717) is 5.82 Å². The molecule has 0 atom stereocenters. The van der Waals surface area contributed by atoms with Crippen molar-refractivity contribution in [3.05, 3.63) is 54.2 Å². The van der Waals surface area contributed by atoms with Gasteiger partial charge in [-0.05, 0) is 31.0 Å². The molecule has 102 valence electrons. The summed E-state index contributed by atoms with van der Waals surface area (Å²) in [5.41, 5.74) is 0.486. The van der Waals surface area contributed by atoms with E-state index in [1.165, 1.54) is 0 Å². The molecular weight excluding hydrogens is 252 g/mol. The lowest BCUT2D eigenvalue weighted by Gasteiger charge is -2.18. The van der Waals surface area contributed by atoms with Crippen LogP contribution in [0.5, 0.6) is 5.75 Å². The third-order valence-corrected chi connectivity index (χ3v) is 3.71. The molecule has 2 aromatic rings. The van der Waals surface area contributed by atoms with Gasteiger partial charge in [-0.25, -0.2) is 4.98 Å². The van der Waals surface area contributed by atoms with Crippen LogP contribution >= 0.6 is 0 Å². The number of carbonyl (C=O) groups is 1. The number of nitrogens with one attached hydrogen (secondary N) is 1. The fraction of sp³-hybridized carbons (Fsp3) is 0.250. The van der Waals surface area contributed by atoms with E-state index in [2.05, 4.69) is 10.3 Å². The smallest absolute Gasteiger partial charge is 0.236 e. The standard InChI is InChI=1S/C16H16N2O2/c1-20-13-7-3-2-6-12(13)16(9-10-16)15(19)18-14-8-4-5-11-17-14/h2-8,11H,9-10H2,1H3,(H,17,18,19). The quantitative estimate of drug-likeness (QED) is 0.927. The van der Waals surface area contributed by atoms with E-state index in [0.717, 1.165) is 24.2 Å². The number of hydrogen-bond acceptors (Lipinski definition) is 3. The molecule has 1 fully saturated rings. The predicted molar refractivity (Wildman–Crippen MR) is 76.8 cm³/mol. The minimum absolute atomic E-state index is 0.0132. The first-order valence-corrected chi connectivity index (χ1v) is 6.62. The zero-order chi connectivity index (χ0) is 14.0. The Balaban J connectivity index is 1.87. The molecular formula is C16H16N2O2. The highest BCUT2D eigenvalue weighted by Crippen LogP contribution is 2.51. The summed E-state index contributed by atoms with van der Waals surface area (Å²) in [5, 5.41) is 2.89. The molecule has 4 nitrogen and oxygen atoms in total. The summed E-state index contributed by atoms with van der Waals surface area (Å²) in [6.45, 7) is 0. The van der Waals surface area contributed by atoms with Crippen molar-refractivity contribution in [3.8, 4) is 5.75 Å². The van der Waals surface area contributed by atoms with Crippen molar-refractivity contribution in [2.45, 2.75) is 18.3 Å². The molecule has 0 spiro atoms. The van der Waals surface area contributed by atoms with Crippen molar-refractivity contribution in [2.75, 3.05) is 12.4 Å². The topological polar surface area (TPSA) is 51.2 Å². The van der Waals surface area contributed by atoms with Crippen molar-refractivity contribution >= 4 is 11.7 Å². The van der Waals surface area contributed by atoms with Gasteiger partial charge in [0.2, 0.25) is 5.91 Å². The summed E-state index contributed by atoms with van der Waals surface area (Å²) >= 11 is 0. The van der Waals surface area contributed by atoms with E-state index in [4.69, 9.17) is 4.74 Å². The molecule has 0 saturated heterocycles. The van der Waals surface area contributed by atoms with Crippen molar-refractivity contribution < 1.29 is 9.53 Å². The molecule has 0 aliphatic heterocycles. The number of para-hydroxylation sites is 1. The molecule has 1 aromatic carbocycles. The minimum atomic E-state index is -0.468. The van der Waals surface area contributed by atoms with Crippen molar-refractivity contribution in [3.63, 3.8) is 0 Å². The first-order valence-electron chi connectivity index (χ1n) is 6.62. The summed E-state index contributed by atoms with van der Waals surface area (Å²) < 4.78 is 5.38. The summed E-state index contributed by atoms with van der Waals surface area (Å²) in [5.74, 6) is 1.33. The number of benzene rings is 1. The van der Waals surface area contributed by atoms with Crippen LogP contribution in [-0.2, 0) is 10.2 Å². The number of hydrogen-bond donors (Lipinski definition) is 1. The van der Waals surface area contributed by atoms with Gasteiger partial charge in [-0.1, -0.05) is 24.3 Å². The predicted octanol–water partition coefficient (Wildman–Crippen LogP) is 2.76. The third-order valence-electron chi connectivity index (χ3n) is 3.71. The maximum Gasteiger partial charge on any atom is 0.236 e. The van der Waals surface area contributed by atoms with Crippen molar-refractivity contribution in [1.29, 1.82) is 0 Å². The van der Waals surface area contributed by atoms with Gasteiger partial charge in [-0.15, -0.1) is 0 Å². The molecule has 1 heterocycles. The minimum Gasteiger partial charge on any atom is -0.496 e. The second-order valence-corrected chi connectivity index (χ2v) is 4.95. The maximum atomic E-state index is 12.6. The van der Waals surface area contributed by atoms with Crippen LogP contribution in [0.3, 0.4) is 0 Å². The number of amides is 1. The summed E-state index contributed by atoms with van der Waals surface area (Å²) in [4.78, 5) is 16.7. The lowest BCUT2D eigenvalue weighted by molar-refractivity contribution is -0.118. The molecule has 0 radical (unpaired) electrons. The Kier molecular flexibility index (Phi) is 3.14. The molecule has 0 unspecified atom stereocenters. The Morgan fingerprint density at radius 2 is 1.95 bits per heavy atom. The van der Waals surface area contributed by atoms with Crippen molar-refractivity contribution in [2.24, 2.45) is 0 Å². The highest BCUT2D eigenvalue weighted by Gasteiger charge is 2.52. The van der Waals surface area contributed by atoms with E-state index in [9.17, 15) is 4.79 Å². The lowest BCUT2D eigenvalue weighted by Crippen LogP contribution is -2.28. The number of ether oxygens (including phenoxy) is 1. The number of carbonyl (C=O) groups excluding carboxylic acids is 1. The zero-order valence-corrected chi connectivity index (χ0v) is 11.3. The van der Waals surface area contributed by atoms with Gasteiger partial charge in [0.15, 0.2) is 0 Å². The van der Waals surface area contributed by atoms with Crippen LogP contribution in [-0.4, -0.2) is 18.0 Å². The first-order chi connectivity index (χ1) is 9.76. The van der Waals surface area contributed by atoms with Gasteiger partial charge in [0.05, 0.1) is 12.5 Å². The first kappa shape index (κ1) is 12.7. The maximum absolute atomic E-state index is 12.6. The third kappa shape index (κ3) is 2.13. The number of nitrogens with zero attached hydrogens (tertiary/aromatic N) is 1. The Morgan fingerprint density at radius 3 is 2.60 bits per heavy atom. The van der Waals surface area contributed by atoms with Crippen LogP contribution in [0.1, 0.15) is 18.4 Å². The average molecular weight is 268 g/mol. The number of anilines is 1. The summed E-state index contributed by atoms with van der Waals surface area (Å²) in [7, 11) is 1.63. The molecule has 20 heavy (non-hydrogen) atoms. The Bertz CT molecular complexity index is 621. The fourth-order valence-corrected chi connectivity index (χ4v) is 2.46. The average Bonchev–Trinajstić information content (AvgIpc) is 3.30. The molecule has 1 aliphatic rings. The Morgan fingerprint density at radius 1 is 1.20 bits per heavy atom. The monoisotopic (exact) mass is 268 g/mol.